The SMILES string of the molecule is O=C(O)C1(O)CCCCC1.O=C(O)C1(O)CCCCC1.O=C(O)C1(O)CCCCC1.[Ce]. The van der Waals surface area contributed by atoms with Crippen molar-refractivity contribution in [1.82, 2.24) is 0 Å². The molecule has 0 aliphatic heterocycles. The summed E-state index contributed by atoms with van der Waals surface area (Å²) >= 11 is 0. The van der Waals surface area contributed by atoms with Crippen molar-refractivity contribution in [2.45, 2.75) is 113 Å². The van der Waals surface area contributed by atoms with E-state index in [1.165, 1.54) is 0 Å². The van der Waals surface area contributed by atoms with Crippen LogP contribution in [0.3, 0.4) is 0 Å². The molecule has 178 valence electrons. The first-order valence-electron chi connectivity index (χ1n) is 10.8. The van der Waals surface area contributed by atoms with Crippen LogP contribution in [-0.4, -0.2) is 65.4 Å². The molecule has 0 heterocycles. The Bertz CT molecular complexity index is 495. The van der Waals surface area contributed by atoms with E-state index in [4.69, 9.17) is 15.3 Å². The summed E-state index contributed by atoms with van der Waals surface area (Å²) in [7, 11) is 0. The van der Waals surface area contributed by atoms with Crippen LogP contribution in [0.25, 0.3) is 0 Å². The Hall–Kier alpha value is -0.333. The van der Waals surface area contributed by atoms with Crippen LogP contribution >= 0.6 is 0 Å². The molecule has 0 radical (unpaired) electrons. The smallest absolute Gasteiger partial charge is 0.335 e. The standard InChI is InChI=1S/3C7H12O3.Ce/c3*8-6(9)7(10)4-2-1-3-5-7;/h3*10H,1-5H2,(H,8,9);. The third-order valence-electron chi connectivity index (χ3n) is 6.24. The molecule has 31 heavy (non-hydrogen) atoms. The van der Waals surface area contributed by atoms with Crippen molar-refractivity contribution in [3.63, 3.8) is 0 Å². The Labute approximate surface area is 216 Å². The summed E-state index contributed by atoms with van der Waals surface area (Å²) in [6.07, 6.45) is 10.7. The van der Waals surface area contributed by atoms with Gasteiger partial charge in [-0.3, -0.25) is 0 Å². The summed E-state index contributed by atoms with van der Waals surface area (Å²) in [5.41, 5.74) is -4.21. The van der Waals surface area contributed by atoms with E-state index in [1.54, 1.807) is 0 Å². The molecule has 0 unspecified atom stereocenters. The van der Waals surface area contributed by atoms with Crippen molar-refractivity contribution in [2.75, 3.05) is 0 Å². The van der Waals surface area contributed by atoms with Gasteiger partial charge in [-0.1, -0.05) is 19.3 Å². The topological polar surface area (TPSA) is 173 Å². The van der Waals surface area contributed by atoms with Gasteiger partial charge >= 0.3 is 17.9 Å². The summed E-state index contributed by atoms with van der Waals surface area (Å²) in [4.78, 5) is 31.3. The monoisotopic (exact) mass is 572 g/mol. The first kappa shape index (κ1) is 30.7. The molecule has 6 N–H and O–H groups in total. The number of carbonyl (C=O) groups is 3. The zero-order valence-electron chi connectivity index (χ0n) is 18.0. The van der Waals surface area contributed by atoms with Gasteiger partial charge in [0.1, 0.15) is 0 Å². The van der Waals surface area contributed by atoms with E-state index in [2.05, 4.69) is 0 Å². The van der Waals surface area contributed by atoms with Crippen molar-refractivity contribution >= 4 is 17.9 Å². The molecule has 3 rings (SSSR count). The molecule has 0 aromatic heterocycles. The normalized spacial score (nSPS) is 23.3. The fourth-order valence-corrected chi connectivity index (χ4v) is 4.05. The number of hydrogen-bond acceptors (Lipinski definition) is 6. The third kappa shape index (κ3) is 9.99. The summed E-state index contributed by atoms with van der Waals surface area (Å²) in [6.45, 7) is 0. The number of hydrogen-bond donors (Lipinski definition) is 6. The van der Waals surface area contributed by atoms with Gasteiger partial charge in [0.25, 0.3) is 0 Å². The van der Waals surface area contributed by atoms with Gasteiger partial charge < -0.3 is 30.6 Å². The Kier molecular flexibility index (Phi) is 13.9. The van der Waals surface area contributed by atoms with Gasteiger partial charge in [0.05, 0.1) is 0 Å². The van der Waals surface area contributed by atoms with Gasteiger partial charge in [-0.2, -0.15) is 0 Å². The van der Waals surface area contributed by atoms with Crippen LogP contribution in [0, 0.1) is 41.7 Å². The van der Waals surface area contributed by atoms with Crippen molar-refractivity contribution in [3.05, 3.63) is 0 Å². The van der Waals surface area contributed by atoms with E-state index in [9.17, 15) is 29.7 Å². The number of carboxylic acid groups (broad SMARTS) is 3. The molecule has 0 bridgehead atoms. The molecule has 9 nitrogen and oxygen atoms in total. The average molecular weight is 573 g/mol. The van der Waals surface area contributed by atoms with Gasteiger partial charge in [-0.15, -0.1) is 0 Å². The first-order chi connectivity index (χ1) is 14.0. The number of rotatable bonds is 3. The van der Waals surface area contributed by atoms with Crippen LogP contribution in [0.5, 0.6) is 0 Å². The maximum Gasteiger partial charge on any atom is 0.335 e. The second kappa shape index (κ2) is 14.0. The number of aliphatic carboxylic acids is 3. The van der Waals surface area contributed by atoms with E-state index in [-0.39, 0.29) is 41.7 Å². The molecular weight excluding hydrogens is 536 g/mol. The van der Waals surface area contributed by atoms with Crippen LogP contribution in [0.2, 0.25) is 0 Å². The third-order valence-corrected chi connectivity index (χ3v) is 6.24. The van der Waals surface area contributed by atoms with E-state index < -0.39 is 34.7 Å². The minimum atomic E-state index is -1.40. The number of carboxylic acids is 3. The van der Waals surface area contributed by atoms with Crippen molar-refractivity contribution in [1.29, 1.82) is 0 Å². The van der Waals surface area contributed by atoms with Crippen LogP contribution in [0.1, 0.15) is 96.3 Å². The van der Waals surface area contributed by atoms with Crippen LogP contribution < -0.4 is 0 Å². The maximum absolute atomic E-state index is 10.4. The minimum Gasteiger partial charge on any atom is -0.479 e. The molecule has 0 atom stereocenters. The molecule has 0 saturated heterocycles. The van der Waals surface area contributed by atoms with Gasteiger partial charge in [0.2, 0.25) is 0 Å². The summed E-state index contributed by atoms with van der Waals surface area (Å²) in [5, 5.41) is 53.7. The van der Waals surface area contributed by atoms with Gasteiger partial charge in [-0.25, -0.2) is 14.4 Å². The molecule has 0 spiro atoms. The number of aliphatic hydroxyl groups is 3. The second-order valence-electron chi connectivity index (χ2n) is 8.69. The fourth-order valence-electron chi connectivity index (χ4n) is 4.05. The molecule has 0 aromatic carbocycles. The summed E-state index contributed by atoms with van der Waals surface area (Å²) in [5.74, 6) is -3.19. The Morgan fingerprint density at radius 2 is 0.581 bits per heavy atom. The van der Waals surface area contributed by atoms with E-state index in [1.807, 2.05) is 0 Å². The Morgan fingerprint density at radius 1 is 0.419 bits per heavy atom. The Balaban J connectivity index is 0.000000429. The van der Waals surface area contributed by atoms with Gasteiger partial charge in [0, 0.05) is 41.7 Å². The van der Waals surface area contributed by atoms with E-state index >= 15 is 0 Å². The van der Waals surface area contributed by atoms with Crippen molar-refractivity contribution in [2.24, 2.45) is 0 Å². The predicted octanol–water partition coefficient (Wildman–Crippen LogP) is 2.30. The molecule has 3 aliphatic carbocycles. The average Bonchev–Trinajstić information content (AvgIpc) is 2.70. The zero-order valence-corrected chi connectivity index (χ0v) is 21.2. The predicted molar refractivity (Wildman–Crippen MR) is 107 cm³/mol. The van der Waals surface area contributed by atoms with Crippen molar-refractivity contribution in [3.8, 4) is 0 Å². The van der Waals surface area contributed by atoms with Crippen LogP contribution in [0.4, 0.5) is 0 Å². The zero-order chi connectivity index (χ0) is 22.8. The maximum atomic E-state index is 10.4. The molecule has 10 heteroatoms. The Morgan fingerprint density at radius 3 is 0.677 bits per heavy atom. The molecule has 3 aliphatic rings. The largest absolute Gasteiger partial charge is 0.479 e. The van der Waals surface area contributed by atoms with E-state index in [0.29, 0.717) is 38.5 Å². The van der Waals surface area contributed by atoms with Crippen LogP contribution in [0.15, 0.2) is 0 Å². The molecular formula is C21H36CeO9. The first-order valence-corrected chi connectivity index (χ1v) is 10.8. The van der Waals surface area contributed by atoms with Gasteiger partial charge in [0.15, 0.2) is 16.8 Å². The molecule has 0 amide bonds. The quantitative estimate of drug-likeness (QED) is 0.297. The van der Waals surface area contributed by atoms with E-state index in [0.717, 1.165) is 57.8 Å². The van der Waals surface area contributed by atoms with Gasteiger partial charge in [-0.05, 0) is 77.0 Å². The van der Waals surface area contributed by atoms with Crippen molar-refractivity contribution < 1.29 is 86.8 Å². The van der Waals surface area contributed by atoms with Crippen LogP contribution in [-0.2, 0) is 14.4 Å². The fraction of sp³-hybridized carbons (Fsp3) is 0.857. The molecule has 3 fully saturated rings. The molecule has 3 saturated carbocycles. The summed E-state index contributed by atoms with van der Waals surface area (Å²) in [6, 6.07) is 0. The minimum absolute atomic E-state index is 0. The molecule has 0 aromatic rings. The second-order valence-corrected chi connectivity index (χ2v) is 8.69. The summed E-state index contributed by atoms with van der Waals surface area (Å²) < 4.78 is 0.